The van der Waals surface area contributed by atoms with E-state index in [9.17, 15) is 14.9 Å². The van der Waals surface area contributed by atoms with Crippen molar-refractivity contribution in [3.8, 4) is 0 Å². The van der Waals surface area contributed by atoms with E-state index in [0.717, 1.165) is 13.1 Å². The fourth-order valence-corrected chi connectivity index (χ4v) is 1.94. The Morgan fingerprint density at radius 3 is 2.14 bits per heavy atom. The minimum absolute atomic E-state index is 0.0902. The molecule has 1 saturated heterocycles. The summed E-state index contributed by atoms with van der Waals surface area (Å²) in [6.07, 6.45) is 3.23. The van der Waals surface area contributed by atoms with Crippen LogP contribution in [0.15, 0.2) is 0 Å². The van der Waals surface area contributed by atoms with Gasteiger partial charge in [0.2, 0.25) is 5.91 Å². The van der Waals surface area contributed by atoms with Crippen LogP contribution in [0.2, 0.25) is 0 Å². The molecule has 7 nitrogen and oxygen atoms in total. The van der Waals surface area contributed by atoms with Crippen LogP contribution in [-0.4, -0.2) is 60.1 Å². The second kappa shape index (κ2) is 12.2. The molecule has 1 rings (SSSR count). The highest BCUT2D eigenvalue weighted by atomic mass is 16.9. The Hall–Kier alpha value is -1.37. The molecule has 0 atom stereocenters. The molecule has 1 fully saturated rings. The van der Waals surface area contributed by atoms with Gasteiger partial charge >= 0.3 is 0 Å². The van der Waals surface area contributed by atoms with Crippen LogP contribution in [-0.2, 0) is 9.63 Å². The van der Waals surface area contributed by atoms with Crippen molar-refractivity contribution in [2.45, 2.75) is 47.0 Å². The zero-order valence-corrected chi connectivity index (χ0v) is 14.4. The first-order valence-electron chi connectivity index (χ1n) is 8.18. The monoisotopic (exact) mass is 317 g/mol. The van der Waals surface area contributed by atoms with Crippen LogP contribution in [0.1, 0.15) is 47.0 Å². The van der Waals surface area contributed by atoms with Gasteiger partial charge in [-0.05, 0) is 5.92 Å². The number of hydrogen-bond acceptors (Lipinski definition) is 5. The van der Waals surface area contributed by atoms with Crippen molar-refractivity contribution in [2.75, 3.05) is 39.3 Å². The molecule has 0 aromatic heterocycles. The van der Waals surface area contributed by atoms with Gasteiger partial charge in [0.05, 0.1) is 0 Å². The highest BCUT2D eigenvalue weighted by Gasteiger charge is 2.21. The SMILES string of the molecule is CC(C)CC(=O)N1CCN(CCO[N+](=O)[O-])CC1.CCCC. The molecule has 1 heterocycles. The summed E-state index contributed by atoms with van der Waals surface area (Å²) >= 11 is 0. The van der Waals surface area contributed by atoms with Crippen molar-refractivity contribution in [3.05, 3.63) is 10.1 Å². The minimum atomic E-state index is -0.775. The Kier molecular flexibility index (Phi) is 11.4. The van der Waals surface area contributed by atoms with Gasteiger partial charge in [0, 0.05) is 39.1 Å². The molecule has 22 heavy (non-hydrogen) atoms. The number of carbonyl (C=O) groups is 1. The number of unbranched alkanes of at least 4 members (excludes halogenated alkanes) is 1. The van der Waals surface area contributed by atoms with Crippen molar-refractivity contribution in [2.24, 2.45) is 5.92 Å². The van der Waals surface area contributed by atoms with Crippen molar-refractivity contribution in [3.63, 3.8) is 0 Å². The topological polar surface area (TPSA) is 75.9 Å². The average Bonchev–Trinajstić information content (AvgIpc) is 2.47. The summed E-state index contributed by atoms with van der Waals surface area (Å²) in [6, 6.07) is 0. The molecule has 0 unspecified atom stereocenters. The van der Waals surface area contributed by atoms with Crippen LogP contribution < -0.4 is 0 Å². The first kappa shape index (κ1) is 20.6. The van der Waals surface area contributed by atoms with E-state index in [1.54, 1.807) is 0 Å². The first-order chi connectivity index (χ1) is 10.4. The highest BCUT2D eigenvalue weighted by molar-refractivity contribution is 5.76. The molecule has 0 bridgehead atoms. The van der Waals surface area contributed by atoms with Gasteiger partial charge in [0.1, 0.15) is 6.61 Å². The van der Waals surface area contributed by atoms with Gasteiger partial charge in [-0.1, -0.05) is 40.5 Å². The predicted molar refractivity (Wildman–Crippen MR) is 86.0 cm³/mol. The zero-order valence-electron chi connectivity index (χ0n) is 14.4. The Morgan fingerprint density at radius 1 is 1.18 bits per heavy atom. The van der Waals surface area contributed by atoms with E-state index < -0.39 is 5.09 Å². The van der Waals surface area contributed by atoms with Crippen molar-refractivity contribution >= 4 is 5.91 Å². The van der Waals surface area contributed by atoms with Gasteiger partial charge in [0.25, 0.3) is 5.09 Å². The first-order valence-corrected chi connectivity index (χ1v) is 8.18. The number of amides is 1. The maximum Gasteiger partial charge on any atom is 0.294 e. The van der Waals surface area contributed by atoms with Crippen molar-refractivity contribution in [1.82, 2.24) is 9.80 Å². The lowest BCUT2D eigenvalue weighted by Gasteiger charge is -2.34. The molecule has 0 spiro atoms. The lowest BCUT2D eigenvalue weighted by atomic mass is 10.1. The standard InChI is InChI=1S/C11H21N3O4.C4H10/c1-10(2)9-11(15)13-5-3-12(4-6-13)7-8-18-14(16)17;1-3-4-2/h10H,3-9H2,1-2H3;3-4H2,1-2H3. The van der Waals surface area contributed by atoms with Crippen molar-refractivity contribution < 1.29 is 14.7 Å². The van der Waals surface area contributed by atoms with E-state index in [1.807, 2.05) is 18.7 Å². The molecule has 1 amide bonds. The zero-order chi connectivity index (χ0) is 17.0. The quantitative estimate of drug-likeness (QED) is 0.531. The summed E-state index contributed by atoms with van der Waals surface area (Å²) in [5.41, 5.74) is 0. The van der Waals surface area contributed by atoms with Crippen LogP contribution in [0.5, 0.6) is 0 Å². The highest BCUT2D eigenvalue weighted by Crippen LogP contribution is 2.07. The second-order valence-corrected chi connectivity index (χ2v) is 5.88. The van der Waals surface area contributed by atoms with Crippen molar-refractivity contribution in [1.29, 1.82) is 0 Å². The third-order valence-corrected chi connectivity index (χ3v) is 3.41. The second-order valence-electron chi connectivity index (χ2n) is 5.88. The van der Waals surface area contributed by atoms with Crippen LogP contribution >= 0.6 is 0 Å². The number of piperazine rings is 1. The summed E-state index contributed by atoms with van der Waals surface area (Å²) in [5, 5.41) is 9.22. The van der Waals surface area contributed by atoms with E-state index in [-0.39, 0.29) is 12.5 Å². The third kappa shape index (κ3) is 10.4. The fraction of sp³-hybridized carbons (Fsp3) is 0.933. The maximum absolute atomic E-state index is 11.8. The van der Waals surface area contributed by atoms with E-state index in [1.165, 1.54) is 12.8 Å². The molecule has 7 heteroatoms. The molecule has 0 N–H and O–H groups in total. The summed E-state index contributed by atoms with van der Waals surface area (Å²) in [6.45, 7) is 12.0. The molecule has 0 aliphatic carbocycles. The molecule has 1 aliphatic rings. The van der Waals surface area contributed by atoms with E-state index in [0.29, 0.717) is 32.0 Å². The Bertz CT molecular complexity index is 314. The summed E-state index contributed by atoms with van der Waals surface area (Å²) in [5.74, 6) is 0.579. The molecule has 0 radical (unpaired) electrons. The molecule has 130 valence electrons. The van der Waals surface area contributed by atoms with Gasteiger partial charge in [-0.25, -0.2) is 0 Å². The van der Waals surface area contributed by atoms with Gasteiger partial charge in [-0.2, -0.15) is 0 Å². The lowest BCUT2D eigenvalue weighted by molar-refractivity contribution is -0.757. The Labute approximate surface area is 133 Å². The normalized spacial score (nSPS) is 15.2. The predicted octanol–water partition coefficient (Wildman–Crippen LogP) is 2.19. The fourth-order valence-electron chi connectivity index (χ4n) is 1.94. The maximum atomic E-state index is 11.8. The number of carbonyl (C=O) groups excluding carboxylic acids is 1. The number of hydrogen-bond donors (Lipinski definition) is 0. The largest absolute Gasteiger partial charge is 0.340 e. The molecule has 0 aromatic carbocycles. The molecule has 0 aromatic rings. The lowest BCUT2D eigenvalue weighted by Crippen LogP contribution is -2.49. The van der Waals surface area contributed by atoms with Gasteiger partial charge in [-0.15, -0.1) is 10.1 Å². The Morgan fingerprint density at radius 2 is 1.73 bits per heavy atom. The minimum Gasteiger partial charge on any atom is -0.340 e. The van der Waals surface area contributed by atoms with E-state index in [4.69, 9.17) is 0 Å². The van der Waals surface area contributed by atoms with Crippen LogP contribution in [0.25, 0.3) is 0 Å². The summed E-state index contributed by atoms with van der Waals surface area (Å²) in [4.78, 5) is 30.0. The Balaban J connectivity index is 0.000000980. The van der Waals surface area contributed by atoms with Gasteiger partial charge in [0.15, 0.2) is 0 Å². The van der Waals surface area contributed by atoms with Crippen LogP contribution in [0, 0.1) is 16.0 Å². The smallest absolute Gasteiger partial charge is 0.294 e. The van der Waals surface area contributed by atoms with Gasteiger partial charge in [-0.3, -0.25) is 9.69 Å². The van der Waals surface area contributed by atoms with E-state index in [2.05, 4.69) is 23.6 Å². The molecule has 0 saturated carbocycles. The summed E-state index contributed by atoms with van der Waals surface area (Å²) in [7, 11) is 0. The third-order valence-electron chi connectivity index (χ3n) is 3.41. The van der Waals surface area contributed by atoms with Gasteiger partial charge < -0.3 is 9.74 Å². The molecule has 1 aliphatic heterocycles. The summed E-state index contributed by atoms with van der Waals surface area (Å²) < 4.78 is 0. The van der Waals surface area contributed by atoms with E-state index >= 15 is 0 Å². The molecular formula is C15H31N3O4. The van der Waals surface area contributed by atoms with Crippen LogP contribution in [0.4, 0.5) is 0 Å². The number of nitrogens with zero attached hydrogens (tertiary/aromatic N) is 3. The van der Waals surface area contributed by atoms with Crippen LogP contribution in [0.3, 0.4) is 0 Å². The molecular weight excluding hydrogens is 286 g/mol. The number of rotatable bonds is 7. The average molecular weight is 317 g/mol.